The van der Waals surface area contributed by atoms with E-state index >= 15 is 0 Å². The Labute approximate surface area is 78.2 Å². The molecule has 1 N–H and O–H groups in total. The number of rotatable bonds is 7. The number of carbonyl (C=O) groups is 1. The highest BCUT2D eigenvalue weighted by Gasteiger charge is 1.99. The summed E-state index contributed by atoms with van der Waals surface area (Å²) in [6, 6.07) is 0. The second kappa shape index (κ2) is 8.87. The molecule has 12 heavy (non-hydrogen) atoms. The predicted octanol–water partition coefficient (Wildman–Crippen LogP) is 0.892. The SMILES string of the molecule is CCNCCSCC(=O)OCC. The molecule has 0 rings (SSSR count). The minimum atomic E-state index is -0.112. The van der Waals surface area contributed by atoms with Crippen molar-refractivity contribution in [2.75, 3.05) is 31.2 Å². The molecule has 72 valence electrons. The second-order valence-electron chi connectivity index (χ2n) is 2.21. The zero-order valence-corrected chi connectivity index (χ0v) is 8.58. The molecule has 0 radical (unpaired) electrons. The summed E-state index contributed by atoms with van der Waals surface area (Å²) >= 11 is 1.60. The van der Waals surface area contributed by atoms with Gasteiger partial charge in [-0.2, -0.15) is 0 Å². The number of hydrogen-bond donors (Lipinski definition) is 1. The fourth-order valence-electron chi connectivity index (χ4n) is 0.679. The monoisotopic (exact) mass is 191 g/mol. The lowest BCUT2D eigenvalue weighted by Gasteiger charge is -2.01. The van der Waals surface area contributed by atoms with E-state index in [0.29, 0.717) is 12.4 Å². The fourth-order valence-corrected chi connectivity index (χ4v) is 1.36. The van der Waals surface area contributed by atoms with Gasteiger partial charge in [0.15, 0.2) is 0 Å². The van der Waals surface area contributed by atoms with Gasteiger partial charge in [0, 0.05) is 12.3 Å². The van der Waals surface area contributed by atoms with Crippen molar-refractivity contribution in [3.63, 3.8) is 0 Å². The van der Waals surface area contributed by atoms with Crippen molar-refractivity contribution in [2.45, 2.75) is 13.8 Å². The predicted molar refractivity (Wildman–Crippen MR) is 52.5 cm³/mol. The van der Waals surface area contributed by atoms with Crippen molar-refractivity contribution in [3.05, 3.63) is 0 Å². The van der Waals surface area contributed by atoms with E-state index in [1.165, 1.54) is 0 Å². The van der Waals surface area contributed by atoms with Crippen LogP contribution in [0.5, 0.6) is 0 Å². The van der Waals surface area contributed by atoms with Gasteiger partial charge in [-0.05, 0) is 13.5 Å². The lowest BCUT2D eigenvalue weighted by atomic mass is 10.7. The van der Waals surface area contributed by atoms with Crippen LogP contribution in [0.25, 0.3) is 0 Å². The standard InChI is InChI=1S/C8H17NO2S/c1-3-9-5-6-12-7-8(10)11-4-2/h9H,3-7H2,1-2H3. The van der Waals surface area contributed by atoms with Crippen molar-refractivity contribution in [1.29, 1.82) is 0 Å². The Hall–Kier alpha value is -0.220. The van der Waals surface area contributed by atoms with Gasteiger partial charge < -0.3 is 10.1 Å². The Kier molecular flexibility index (Phi) is 8.71. The first-order chi connectivity index (χ1) is 5.81. The lowest BCUT2D eigenvalue weighted by Crippen LogP contribution is -2.17. The summed E-state index contributed by atoms with van der Waals surface area (Å²) in [6.45, 7) is 6.31. The average Bonchev–Trinajstić information content (AvgIpc) is 2.05. The number of nitrogens with one attached hydrogen (secondary N) is 1. The molecule has 0 heterocycles. The topological polar surface area (TPSA) is 38.3 Å². The maximum Gasteiger partial charge on any atom is 0.315 e. The van der Waals surface area contributed by atoms with Crippen LogP contribution in [-0.4, -0.2) is 37.2 Å². The van der Waals surface area contributed by atoms with Gasteiger partial charge in [0.25, 0.3) is 0 Å². The quantitative estimate of drug-likeness (QED) is 0.479. The van der Waals surface area contributed by atoms with Gasteiger partial charge >= 0.3 is 5.97 Å². The lowest BCUT2D eigenvalue weighted by molar-refractivity contribution is -0.139. The second-order valence-corrected chi connectivity index (χ2v) is 3.32. The Bertz CT molecular complexity index is 120. The first-order valence-corrected chi connectivity index (χ1v) is 5.40. The summed E-state index contributed by atoms with van der Waals surface area (Å²) in [4.78, 5) is 10.8. The third kappa shape index (κ3) is 7.88. The number of thioether (sulfide) groups is 1. The molecule has 0 saturated carbocycles. The molecular weight excluding hydrogens is 174 g/mol. The number of ether oxygens (including phenoxy) is 1. The Balaban J connectivity index is 3.03. The molecule has 4 heteroatoms. The third-order valence-corrected chi connectivity index (χ3v) is 2.13. The summed E-state index contributed by atoms with van der Waals surface area (Å²) < 4.78 is 4.77. The van der Waals surface area contributed by atoms with Crippen LogP contribution >= 0.6 is 11.8 Å². The van der Waals surface area contributed by atoms with E-state index in [4.69, 9.17) is 4.74 Å². The van der Waals surface area contributed by atoms with Gasteiger partial charge in [-0.3, -0.25) is 4.79 Å². The molecule has 0 aromatic heterocycles. The average molecular weight is 191 g/mol. The van der Waals surface area contributed by atoms with E-state index < -0.39 is 0 Å². The van der Waals surface area contributed by atoms with Crippen molar-refractivity contribution < 1.29 is 9.53 Å². The first-order valence-electron chi connectivity index (χ1n) is 4.25. The van der Waals surface area contributed by atoms with Crippen LogP contribution in [0.2, 0.25) is 0 Å². The zero-order chi connectivity index (χ0) is 9.23. The van der Waals surface area contributed by atoms with E-state index in [1.54, 1.807) is 11.8 Å². The summed E-state index contributed by atoms with van der Waals surface area (Å²) in [5.74, 6) is 1.32. The molecule has 0 aliphatic heterocycles. The Morgan fingerprint density at radius 3 is 2.83 bits per heavy atom. The minimum absolute atomic E-state index is 0.112. The van der Waals surface area contributed by atoms with Crippen LogP contribution in [0.15, 0.2) is 0 Å². The number of esters is 1. The van der Waals surface area contributed by atoms with Crippen molar-refractivity contribution in [3.8, 4) is 0 Å². The normalized spacial score (nSPS) is 9.83. The highest BCUT2D eigenvalue weighted by atomic mass is 32.2. The summed E-state index contributed by atoms with van der Waals surface area (Å²) in [5.41, 5.74) is 0. The van der Waals surface area contributed by atoms with Crippen molar-refractivity contribution in [2.24, 2.45) is 0 Å². The smallest absolute Gasteiger partial charge is 0.315 e. The van der Waals surface area contributed by atoms with Gasteiger partial charge in [-0.1, -0.05) is 6.92 Å². The van der Waals surface area contributed by atoms with E-state index in [2.05, 4.69) is 12.2 Å². The molecule has 0 aliphatic rings. The third-order valence-electron chi connectivity index (χ3n) is 1.20. The summed E-state index contributed by atoms with van der Waals surface area (Å²) in [7, 11) is 0. The molecule has 0 aromatic rings. The van der Waals surface area contributed by atoms with E-state index in [1.807, 2.05) is 6.92 Å². The maximum absolute atomic E-state index is 10.8. The van der Waals surface area contributed by atoms with Crippen LogP contribution in [0.1, 0.15) is 13.8 Å². The Morgan fingerprint density at radius 1 is 1.50 bits per heavy atom. The summed E-state index contributed by atoms with van der Waals surface area (Å²) in [5, 5.41) is 3.18. The van der Waals surface area contributed by atoms with Gasteiger partial charge in [-0.25, -0.2) is 0 Å². The van der Waals surface area contributed by atoms with Crippen LogP contribution < -0.4 is 5.32 Å². The molecule has 0 unspecified atom stereocenters. The fraction of sp³-hybridized carbons (Fsp3) is 0.875. The molecule has 0 aromatic carbocycles. The molecule has 0 saturated heterocycles. The highest BCUT2D eigenvalue weighted by molar-refractivity contribution is 7.99. The molecule has 0 spiro atoms. The largest absolute Gasteiger partial charge is 0.465 e. The molecule has 0 aliphatic carbocycles. The van der Waals surface area contributed by atoms with E-state index in [0.717, 1.165) is 18.8 Å². The van der Waals surface area contributed by atoms with Gasteiger partial charge in [0.2, 0.25) is 0 Å². The molecule has 0 amide bonds. The number of carbonyl (C=O) groups excluding carboxylic acids is 1. The Morgan fingerprint density at radius 2 is 2.25 bits per heavy atom. The van der Waals surface area contributed by atoms with Gasteiger partial charge in [0.1, 0.15) is 0 Å². The molecule has 0 bridgehead atoms. The highest BCUT2D eigenvalue weighted by Crippen LogP contribution is 1.98. The maximum atomic E-state index is 10.8. The van der Waals surface area contributed by atoms with Crippen LogP contribution in [0, 0.1) is 0 Å². The van der Waals surface area contributed by atoms with Crippen LogP contribution in [0.3, 0.4) is 0 Å². The van der Waals surface area contributed by atoms with Gasteiger partial charge in [0.05, 0.1) is 12.4 Å². The molecule has 3 nitrogen and oxygen atoms in total. The zero-order valence-electron chi connectivity index (χ0n) is 7.76. The van der Waals surface area contributed by atoms with Crippen LogP contribution in [0.4, 0.5) is 0 Å². The molecular formula is C8H17NO2S. The van der Waals surface area contributed by atoms with Crippen LogP contribution in [-0.2, 0) is 9.53 Å². The minimum Gasteiger partial charge on any atom is -0.465 e. The van der Waals surface area contributed by atoms with Crippen molar-refractivity contribution in [1.82, 2.24) is 5.32 Å². The molecule has 0 fully saturated rings. The van der Waals surface area contributed by atoms with Gasteiger partial charge in [-0.15, -0.1) is 11.8 Å². The summed E-state index contributed by atoms with van der Waals surface area (Å²) in [6.07, 6.45) is 0. The number of hydrogen-bond acceptors (Lipinski definition) is 4. The van der Waals surface area contributed by atoms with E-state index in [-0.39, 0.29) is 5.97 Å². The van der Waals surface area contributed by atoms with Crippen molar-refractivity contribution >= 4 is 17.7 Å². The first kappa shape index (κ1) is 11.8. The van der Waals surface area contributed by atoms with E-state index in [9.17, 15) is 4.79 Å². The molecule has 0 atom stereocenters.